The molecule has 0 radical (unpaired) electrons. The van der Waals surface area contributed by atoms with E-state index in [0.29, 0.717) is 35.1 Å². The second kappa shape index (κ2) is 8.96. The second-order valence-electron chi connectivity index (χ2n) is 16.3. The molecule has 0 spiro atoms. The SMILES string of the molecule is Cc1cc2c(C)cc(=O)oc2c2c1OC(C)(C)[C@H](OC(=O)[C@@]13CC[C@@](C)(C(=O)O1)C3(C)C)[C@@H]2OC(=O)[C@@]12CC[C@@](C)(C(=O)O1)C2(C)C. The van der Waals surface area contributed by atoms with Crippen molar-refractivity contribution in [1.29, 1.82) is 0 Å². The van der Waals surface area contributed by atoms with Gasteiger partial charge in [0.1, 0.15) is 16.9 Å². The van der Waals surface area contributed by atoms with Crippen molar-refractivity contribution in [2.75, 3.05) is 0 Å². The molecule has 11 nitrogen and oxygen atoms in total. The lowest BCUT2D eigenvalue weighted by Crippen LogP contribution is -2.58. The number of rotatable bonds is 4. The van der Waals surface area contributed by atoms with E-state index in [1.807, 2.05) is 40.7 Å². The third kappa shape index (κ3) is 3.50. The lowest BCUT2D eigenvalue weighted by Gasteiger charge is -2.46. The minimum Gasteiger partial charge on any atom is -0.483 e. The van der Waals surface area contributed by atoms with E-state index in [4.69, 9.17) is 28.1 Å². The van der Waals surface area contributed by atoms with Gasteiger partial charge in [0.2, 0.25) is 11.2 Å². The number of carbonyl (C=O) groups is 4. The summed E-state index contributed by atoms with van der Waals surface area (Å²) in [6.45, 7) is 17.9. The molecule has 7 rings (SSSR count). The van der Waals surface area contributed by atoms with Gasteiger partial charge in [0.05, 0.1) is 16.4 Å². The first-order valence-electron chi connectivity index (χ1n) is 16.3. The molecule has 4 bridgehead atoms. The van der Waals surface area contributed by atoms with Crippen LogP contribution in [0.5, 0.6) is 5.75 Å². The highest BCUT2D eigenvalue weighted by molar-refractivity contribution is 5.95. The summed E-state index contributed by atoms with van der Waals surface area (Å²) in [5, 5.41) is 0.588. The van der Waals surface area contributed by atoms with Crippen molar-refractivity contribution < 1.29 is 47.3 Å². The number of benzene rings is 1. The van der Waals surface area contributed by atoms with E-state index in [1.54, 1.807) is 34.6 Å². The first-order valence-corrected chi connectivity index (χ1v) is 16.3. The Bertz CT molecular complexity index is 1880. The molecule has 0 amide bonds. The predicted octanol–water partition coefficient (Wildman–Crippen LogP) is 5.32. The number of ether oxygens (including phenoxy) is 5. The molecule has 252 valence electrons. The number of fused-ring (bicyclic) bond motifs is 7. The van der Waals surface area contributed by atoms with E-state index >= 15 is 0 Å². The lowest BCUT2D eigenvalue weighted by atomic mass is 9.66. The van der Waals surface area contributed by atoms with E-state index in [2.05, 4.69) is 0 Å². The van der Waals surface area contributed by atoms with E-state index < -0.39 is 80.2 Å². The highest BCUT2D eigenvalue weighted by Crippen LogP contribution is 2.67. The maximum atomic E-state index is 14.5. The van der Waals surface area contributed by atoms with Crippen molar-refractivity contribution in [2.45, 2.75) is 124 Å². The molecule has 4 fully saturated rings. The molecule has 1 aromatic carbocycles. The Hall–Kier alpha value is -3.89. The van der Waals surface area contributed by atoms with Gasteiger partial charge in [0.15, 0.2) is 12.2 Å². The highest BCUT2D eigenvalue weighted by Gasteiger charge is 2.78. The van der Waals surface area contributed by atoms with Crippen molar-refractivity contribution >= 4 is 34.8 Å². The zero-order valence-corrected chi connectivity index (χ0v) is 28.6. The number of hydrogen-bond acceptors (Lipinski definition) is 11. The summed E-state index contributed by atoms with van der Waals surface area (Å²) in [5.41, 5.74) is -7.04. The normalized spacial score (nSPS) is 36.8. The topological polar surface area (TPSA) is 145 Å². The predicted molar refractivity (Wildman–Crippen MR) is 165 cm³/mol. The van der Waals surface area contributed by atoms with Crippen LogP contribution in [0.25, 0.3) is 11.0 Å². The fraction of sp³-hybridized carbons (Fsp3) is 0.639. The van der Waals surface area contributed by atoms with Crippen molar-refractivity contribution in [2.24, 2.45) is 21.7 Å². The van der Waals surface area contributed by atoms with Gasteiger partial charge in [-0.05, 0) is 84.4 Å². The van der Waals surface area contributed by atoms with Gasteiger partial charge in [-0.15, -0.1) is 0 Å². The van der Waals surface area contributed by atoms with Crippen LogP contribution in [0, 0.1) is 35.5 Å². The number of esters is 4. The summed E-state index contributed by atoms with van der Waals surface area (Å²) < 4.78 is 36.8. The van der Waals surface area contributed by atoms with E-state index in [1.165, 1.54) is 6.07 Å². The monoisotopic (exact) mass is 650 g/mol. The Labute approximate surface area is 272 Å². The second-order valence-corrected chi connectivity index (χ2v) is 16.3. The lowest BCUT2D eigenvalue weighted by molar-refractivity contribution is -0.217. The minimum absolute atomic E-state index is 0.126. The molecule has 2 saturated heterocycles. The van der Waals surface area contributed by atoms with Crippen LogP contribution in [0.3, 0.4) is 0 Å². The molecule has 6 atom stereocenters. The Kier molecular flexibility index (Phi) is 6.04. The molecular weight excluding hydrogens is 608 g/mol. The van der Waals surface area contributed by atoms with Crippen molar-refractivity contribution in [3.8, 4) is 5.75 Å². The average Bonchev–Trinajstić information content (AvgIpc) is 3.43. The summed E-state index contributed by atoms with van der Waals surface area (Å²) in [4.78, 5) is 67.8. The third-order valence-corrected chi connectivity index (χ3v) is 13.3. The molecule has 47 heavy (non-hydrogen) atoms. The maximum Gasteiger partial charge on any atom is 0.351 e. The molecule has 1 aromatic heterocycles. The third-order valence-electron chi connectivity index (χ3n) is 13.3. The van der Waals surface area contributed by atoms with Gasteiger partial charge in [0, 0.05) is 22.3 Å². The number of aryl methyl sites for hydroxylation is 2. The van der Waals surface area contributed by atoms with Gasteiger partial charge in [-0.3, -0.25) is 9.59 Å². The fourth-order valence-electron chi connectivity index (χ4n) is 8.98. The Balaban J connectivity index is 1.39. The maximum absolute atomic E-state index is 14.5. The van der Waals surface area contributed by atoms with Crippen molar-refractivity contribution in [3.63, 3.8) is 0 Å². The number of carbonyl (C=O) groups excluding carboxylic acids is 4. The zero-order valence-electron chi connectivity index (χ0n) is 28.6. The Morgan fingerprint density at radius 2 is 1.21 bits per heavy atom. The van der Waals surface area contributed by atoms with Gasteiger partial charge in [-0.25, -0.2) is 14.4 Å². The summed E-state index contributed by atoms with van der Waals surface area (Å²) >= 11 is 0. The van der Waals surface area contributed by atoms with Crippen LogP contribution in [0.2, 0.25) is 0 Å². The van der Waals surface area contributed by atoms with Crippen molar-refractivity contribution in [3.05, 3.63) is 39.2 Å². The van der Waals surface area contributed by atoms with Crippen LogP contribution >= 0.6 is 0 Å². The summed E-state index contributed by atoms with van der Waals surface area (Å²) in [6, 6.07) is 3.20. The van der Waals surface area contributed by atoms with Gasteiger partial charge in [0.25, 0.3) is 0 Å². The molecule has 3 aliphatic heterocycles. The Morgan fingerprint density at radius 1 is 0.702 bits per heavy atom. The van der Waals surface area contributed by atoms with Crippen LogP contribution in [-0.2, 0) is 38.1 Å². The molecule has 4 heterocycles. The van der Waals surface area contributed by atoms with E-state index in [-0.39, 0.29) is 24.0 Å². The summed E-state index contributed by atoms with van der Waals surface area (Å²) in [5.74, 6) is -2.20. The molecule has 2 saturated carbocycles. The number of hydrogen-bond donors (Lipinski definition) is 0. The first-order chi connectivity index (χ1) is 21.6. The van der Waals surface area contributed by atoms with Crippen LogP contribution in [0.1, 0.15) is 104 Å². The van der Waals surface area contributed by atoms with Crippen LogP contribution < -0.4 is 10.4 Å². The van der Waals surface area contributed by atoms with Crippen LogP contribution in [-0.4, -0.2) is 46.8 Å². The molecule has 5 aliphatic rings. The molecule has 2 aromatic rings. The van der Waals surface area contributed by atoms with Crippen LogP contribution in [0.4, 0.5) is 0 Å². The molecule has 0 N–H and O–H groups in total. The quantitative estimate of drug-likeness (QED) is 0.241. The van der Waals surface area contributed by atoms with Crippen molar-refractivity contribution in [1.82, 2.24) is 0 Å². The summed E-state index contributed by atoms with van der Waals surface area (Å²) in [6.07, 6.45) is -1.28. The molecule has 2 aliphatic carbocycles. The zero-order chi connectivity index (χ0) is 34.5. The summed E-state index contributed by atoms with van der Waals surface area (Å²) in [7, 11) is 0. The van der Waals surface area contributed by atoms with Gasteiger partial charge in [-0.1, -0.05) is 27.7 Å². The standard InChI is InChI=1S/C36H42O11/c1-17-16-20(37)42-23-19(17)15-18(2)22-21(23)24(43-28(40)35-13-11-33(9,26(38)46-35)31(35,5)6)25(30(3,4)45-22)44-29(41)36-14-12-34(10,27(39)47-36)32(36,7)8/h15-16,24-25H,11-14H2,1-10H3/t24-,25-,33+,34+,35-,36-/m1/s1. The van der Waals surface area contributed by atoms with E-state index in [9.17, 15) is 24.0 Å². The molecule has 0 unspecified atom stereocenters. The largest absolute Gasteiger partial charge is 0.483 e. The van der Waals surface area contributed by atoms with Gasteiger partial charge in [-0.2, -0.15) is 0 Å². The smallest absolute Gasteiger partial charge is 0.351 e. The van der Waals surface area contributed by atoms with Gasteiger partial charge >= 0.3 is 29.5 Å². The average molecular weight is 651 g/mol. The Morgan fingerprint density at radius 3 is 1.68 bits per heavy atom. The molecular formula is C36H42O11. The first kappa shape index (κ1) is 31.7. The fourth-order valence-corrected chi connectivity index (χ4v) is 8.98. The highest BCUT2D eigenvalue weighted by atomic mass is 16.7. The van der Waals surface area contributed by atoms with Gasteiger partial charge < -0.3 is 28.1 Å². The van der Waals surface area contributed by atoms with E-state index in [0.717, 1.165) is 0 Å². The van der Waals surface area contributed by atoms with Crippen LogP contribution in [0.15, 0.2) is 21.3 Å². The minimum atomic E-state index is -1.60. The molecule has 11 heteroatoms.